The number of hydrogen-bond donors (Lipinski definition) is 1. The second-order valence-corrected chi connectivity index (χ2v) is 7.81. The first-order chi connectivity index (χ1) is 13.6. The Balaban J connectivity index is 1.32. The summed E-state index contributed by atoms with van der Waals surface area (Å²) in [6, 6.07) is 7.43. The van der Waals surface area contributed by atoms with Crippen molar-refractivity contribution in [2.75, 3.05) is 19.7 Å². The molecule has 1 aromatic heterocycles. The smallest absolute Gasteiger partial charge is 0.410 e. The van der Waals surface area contributed by atoms with Gasteiger partial charge in [-0.1, -0.05) is 12.1 Å². The van der Waals surface area contributed by atoms with Crippen molar-refractivity contribution in [3.63, 3.8) is 0 Å². The molecule has 1 aromatic carbocycles. The first-order valence-corrected chi connectivity index (χ1v) is 10.3. The lowest BCUT2D eigenvalue weighted by Crippen LogP contribution is -2.39. The van der Waals surface area contributed by atoms with Gasteiger partial charge in [0.15, 0.2) is 0 Å². The molecule has 7 nitrogen and oxygen atoms in total. The molecule has 2 heterocycles. The summed E-state index contributed by atoms with van der Waals surface area (Å²) in [4.78, 5) is 28.9. The number of nitrogens with two attached hydrogens (primary N) is 1. The minimum absolute atomic E-state index is 0.239. The van der Waals surface area contributed by atoms with E-state index in [2.05, 4.69) is 4.98 Å². The summed E-state index contributed by atoms with van der Waals surface area (Å²) in [5, 5.41) is 2.68. The molecule has 0 aliphatic carbocycles. The highest BCUT2D eigenvalue weighted by molar-refractivity contribution is 7.09. The molecule has 1 fully saturated rings. The van der Waals surface area contributed by atoms with E-state index in [4.69, 9.17) is 15.2 Å². The summed E-state index contributed by atoms with van der Waals surface area (Å²) >= 11 is 1.48. The molecule has 0 radical (unpaired) electrons. The van der Waals surface area contributed by atoms with Gasteiger partial charge in [-0.05, 0) is 42.9 Å². The lowest BCUT2D eigenvalue weighted by molar-refractivity contribution is -0.117. The summed E-state index contributed by atoms with van der Waals surface area (Å²) in [6.07, 6.45) is 4.54. The maximum absolute atomic E-state index is 12.1. The van der Waals surface area contributed by atoms with Crippen LogP contribution < -0.4 is 10.5 Å². The number of hydrogen-bond acceptors (Lipinski definition) is 6. The fraction of sp³-hybridized carbons (Fsp3) is 0.450. The number of likely N-dealkylation sites (tertiary alicyclic amines) is 1. The standard InChI is InChI=1S/C20H25N3O4S/c21-18(24)13-16-1-3-17(4-2-16)26-11-7-15-5-9-23(10-6-15)20(25)27-14-19-22-8-12-28-19/h1-4,8,12,15H,5-7,9-11,13-14H2,(H2,21,24). The zero-order valence-corrected chi connectivity index (χ0v) is 16.5. The number of nitrogens with zero attached hydrogens (tertiary/aromatic N) is 2. The quantitative estimate of drug-likeness (QED) is 0.731. The molecule has 0 saturated carbocycles. The molecule has 1 aliphatic rings. The normalized spacial score (nSPS) is 14.6. The SMILES string of the molecule is NC(=O)Cc1ccc(OCCC2CCN(C(=O)OCc3nccs3)CC2)cc1. The Kier molecular flexibility index (Phi) is 7.25. The van der Waals surface area contributed by atoms with E-state index in [9.17, 15) is 9.59 Å². The van der Waals surface area contributed by atoms with Gasteiger partial charge in [-0.25, -0.2) is 9.78 Å². The number of carbonyl (C=O) groups excluding carboxylic acids is 2. The van der Waals surface area contributed by atoms with Gasteiger partial charge in [-0.3, -0.25) is 4.79 Å². The average molecular weight is 404 g/mol. The van der Waals surface area contributed by atoms with Gasteiger partial charge in [0.25, 0.3) is 0 Å². The van der Waals surface area contributed by atoms with Crippen molar-refractivity contribution in [2.45, 2.75) is 32.3 Å². The van der Waals surface area contributed by atoms with E-state index in [0.717, 1.165) is 35.6 Å². The van der Waals surface area contributed by atoms with Gasteiger partial charge in [0.1, 0.15) is 17.4 Å². The van der Waals surface area contributed by atoms with Gasteiger partial charge in [0.05, 0.1) is 13.0 Å². The molecule has 2 amide bonds. The molecule has 2 N–H and O–H groups in total. The van der Waals surface area contributed by atoms with Crippen molar-refractivity contribution in [1.29, 1.82) is 0 Å². The predicted molar refractivity (Wildman–Crippen MR) is 106 cm³/mol. The number of amides is 2. The number of thiazole rings is 1. The number of ether oxygens (including phenoxy) is 2. The van der Waals surface area contributed by atoms with Crippen molar-refractivity contribution in [1.82, 2.24) is 9.88 Å². The van der Waals surface area contributed by atoms with E-state index in [-0.39, 0.29) is 25.0 Å². The Labute approximate surface area is 168 Å². The fourth-order valence-electron chi connectivity index (χ4n) is 3.19. The van der Waals surface area contributed by atoms with Gasteiger partial charge in [-0.15, -0.1) is 11.3 Å². The maximum atomic E-state index is 12.1. The average Bonchev–Trinajstić information content (AvgIpc) is 3.21. The molecule has 1 aliphatic heterocycles. The summed E-state index contributed by atoms with van der Waals surface area (Å²) in [5.41, 5.74) is 6.07. The summed E-state index contributed by atoms with van der Waals surface area (Å²) in [5.74, 6) is 0.987. The minimum atomic E-state index is -0.341. The Morgan fingerprint density at radius 2 is 1.96 bits per heavy atom. The first-order valence-electron chi connectivity index (χ1n) is 9.40. The van der Waals surface area contributed by atoms with Crippen molar-refractivity contribution < 1.29 is 19.1 Å². The largest absolute Gasteiger partial charge is 0.494 e. The molecule has 150 valence electrons. The molecule has 3 rings (SSSR count). The molecule has 0 spiro atoms. The zero-order valence-electron chi connectivity index (χ0n) is 15.7. The Morgan fingerprint density at radius 3 is 2.61 bits per heavy atom. The van der Waals surface area contributed by atoms with Crippen molar-refractivity contribution in [2.24, 2.45) is 11.7 Å². The van der Waals surface area contributed by atoms with E-state index >= 15 is 0 Å². The molecule has 0 bridgehead atoms. The molecular weight excluding hydrogens is 378 g/mol. The molecule has 1 saturated heterocycles. The highest BCUT2D eigenvalue weighted by Gasteiger charge is 2.23. The van der Waals surface area contributed by atoms with E-state index in [1.165, 1.54) is 11.3 Å². The number of rotatable bonds is 8. The van der Waals surface area contributed by atoms with Gasteiger partial charge in [-0.2, -0.15) is 0 Å². The number of aromatic nitrogens is 1. The van der Waals surface area contributed by atoms with Crippen LogP contribution in [0.25, 0.3) is 0 Å². The molecule has 0 atom stereocenters. The lowest BCUT2D eigenvalue weighted by atomic mass is 9.94. The van der Waals surface area contributed by atoms with Crippen LogP contribution in [0.1, 0.15) is 29.8 Å². The highest BCUT2D eigenvalue weighted by Crippen LogP contribution is 2.22. The van der Waals surface area contributed by atoms with Crippen LogP contribution in [-0.2, 0) is 22.6 Å². The topological polar surface area (TPSA) is 94.8 Å². The van der Waals surface area contributed by atoms with Crippen LogP contribution in [0.15, 0.2) is 35.8 Å². The van der Waals surface area contributed by atoms with Crippen molar-refractivity contribution >= 4 is 23.3 Å². The van der Waals surface area contributed by atoms with Crippen molar-refractivity contribution in [3.8, 4) is 5.75 Å². The van der Waals surface area contributed by atoms with Gasteiger partial charge in [0.2, 0.25) is 5.91 Å². The van der Waals surface area contributed by atoms with E-state index < -0.39 is 0 Å². The van der Waals surface area contributed by atoms with Gasteiger partial charge >= 0.3 is 6.09 Å². The fourth-order valence-corrected chi connectivity index (χ4v) is 3.72. The Morgan fingerprint density at radius 1 is 1.21 bits per heavy atom. The second kappa shape index (κ2) is 10.1. The lowest BCUT2D eigenvalue weighted by Gasteiger charge is -2.31. The number of benzene rings is 1. The van der Waals surface area contributed by atoms with Crippen LogP contribution >= 0.6 is 11.3 Å². The summed E-state index contributed by atoms with van der Waals surface area (Å²) in [7, 11) is 0. The van der Waals surface area contributed by atoms with Gasteiger partial charge < -0.3 is 20.1 Å². The summed E-state index contributed by atoms with van der Waals surface area (Å²) in [6.45, 7) is 2.29. The van der Waals surface area contributed by atoms with E-state index in [1.807, 2.05) is 29.6 Å². The van der Waals surface area contributed by atoms with Crippen LogP contribution in [-0.4, -0.2) is 41.6 Å². The molecule has 8 heteroatoms. The van der Waals surface area contributed by atoms with Crippen LogP contribution in [0, 0.1) is 5.92 Å². The molecule has 2 aromatic rings. The van der Waals surface area contributed by atoms with E-state index in [1.54, 1.807) is 11.1 Å². The third kappa shape index (κ3) is 6.23. The van der Waals surface area contributed by atoms with Crippen molar-refractivity contribution in [3.05, 3.63) is 46.4 Å². The minimum Gasteiger partial charge on any atom is -0.494 e. The van der Waals surface area contributed by atoms with Crippen LogP contribution in [0.5, 0.6) is 5.75 Å². The number of carbonyl (C=O) groups is 2. The van der Waals surface area contributed by atoms with Crippen LogP contribution in [0.2, 0.25) is 0 Å². The predicted octanol–water partition coefficient (Wildman–Crippen LogP) is 2.99. The monoisotopic (exact) mass is 403 g/mol. The second-order valence-electron chi connectivity index (χ2n) is 6.84. The van der Waals surface area contributed by atoms with Crippen LogP contribution in [0.4, 0.5) is 4.79 Å². The summed E-state index contributed by atoms with van der Waals surface area (Å²) < 4.78 is 11.1. The molecule has 28 heavy (non-hydrogen) atoms. The van der Waals surface area contributed by atoms with Gasteiger partial charge in [0, 0.05) is 24.7 Å². The molecular formula is C20H25N3O4S. The number of piperidine rings is 1. The Bertz CT molecular complexity index is 756. The Hall–Kier alpha value is -2.61. The van der Waals surface area contributed by atoms with E-state index in [0.29, 0.717) is 25.6 Å². The third-order valence-electron chi connectivity index (χ3n) is 4.77. The number of primary amides is 1. The highest BCUT2D eigenvalue weighted by atomic mass is 32.1. The first kappa shape index (κ1) is 20.1. The maximum Gasteiger partial charge on any atom is 0.410 e. The zero-order chi connectivity index (χ0) is 19.8. The molecule has 0 unspecified atom stereocenters. The third-order valence-corrected chi connectivity index (χ3v) is 5.52. The van der Waals surface area contributed by atoms with Crippen LogP contribution in [0.3, 0.4) is 0 Å².